The monoisotopic (exact) mass is 323 g/mol. The van der Waals surface area contributed by atoms with Crippen molar-refractivity contribution in [3.8, 4) is 0 Å². The Hall–Kier alpha value is -0.400. The summed E-state index contributed by atoms with van der Waals surface area (Å²) in [5.41, 5.74) is 0.551. The van der Waals surface area contributed by atoms with Crippen LogP contribution < -0.4 is 4.72 Å². The van der Waals surface area contributed by atoms with Gasteiger partial charge >= 0.3 is 0 Å². The SMILES string of the molecule is Cc1[nH]ncc1S(=O)(=O)NC(CBr)CC(C)C. The first-order chi connectivity index (χ1) is 7.86. The van der Waals surface area contributed by atoms with E-state index in [0.717, 1.165) is 6.42 Å². The van der Waals surface area contributed by atoms with Crippen LogP contribution in [0.15, 0.2) is 11.1 Å². The van der Waals surface area contributed by atoms with Crippen LogP contribution >= 0.6 is 15.9 Å². The van der Waals surface area contributed by atoms with Gasteiger partial charge in [0.05, 0.1) is 11.9 Å². The van der Waals surface area contributed by atoms with Gasteiger partial charge in [-0.3, -0.25) is 5.10 Å². The predicted octanol–water partition coefficient (Wildman–Crippen LogP) is 1.81. The molecule has 0 bridgehead atoms. The summed E-state index contributed by atoms with van der Waals surface area (Å²) in [5, 5.41) is 6.95. The van der Waals surface area contributed by atoms with Crippen LogP contribution in [0.25, 0.3) is 0 Å². The molecule has 5 nitrogen and oxygen atoms in total. The Balaban J connectivity index is 2.82. The summed E-state index contributed by atoms with van der Waals surface area (Å²) < 4.78 is 26.8. The van der Waals surface area contributed by atoms with Gasteiger partial charge < -0.3 is 0 Å². The third-order valence-electron chi connectivity index (χ3n) is 2.34. The number of rotatable bonds is 6. The second-order valence-electron chi connectivity index (χ2n) is 4.46. The van der Waals surface area contributed by atoms with E-state index in [1.165, 1.54) is 6.20 Å². The molecule has 1 aromatic heterocycles. The average molecular weight is 324 g/mol. The van der Waals surface area contributed by atoms with E-state index in [-0.39, 0.29) is 10.9 Å². The van der Waals surface area contributed by atoms with E-state index in [0.29, 0.717) is 16.9 Å². The number of aromatic amines is 1. The fraction of sp³-hybridized carbons (Fsp3) is 0.700. The second kappa shape index (κ2) is 5.97. The van der Waals surface area contributed by atoms with E-state index in [1.807, 2.05) is 0 Å². The zero-order chi connectivity index (χ0) is 13.1. The predicted molar refractivity (Wildman–Crippen MR) is 70.7 cm³/mol. The van der Waals surface area contributed by atoms with Crippen LogP contribution in [0.5, 0.6) is 0 Å². The fourth-order valence-corrected chi connectivity index (χ4v) is 3.63. The molecule has 1 rings (SSSR count). The lowest BCUT2D eigenvalue weighted by molar-refractivity contribution is 0.488. The van der Waals surface area contributed by atoms with Crippen molar-refractivity contribution in [1.82, 2.24) is 14.9 Å². The van der Waals surface area contributed by atoms with Crippen molar-refractivity contribution in [3.63, 3.8) is 0 Å². The van der Waals surface area contributed by atoms with Crippen LogP contribution in [0.3, 0.4) is 0 Å². The van der Waals surface area contributed by atoms with Crippen molar-refractivity contribution in [2.24, 2.45) is 5.92 Å². The average Bonchev–Trinajstić information content (AvgIpc) is 2.63. The number of aromatic nitrogens is 2. The van der Waals surface area contributed by atoms with E-state index in [9.17, 15) is 8.42 Å². The van der Waals surface area contributed by atoms with E-state index < -0.39 is 10.0 Å². The molecule has 0 aliphatic carbocycles. The molecular formula is C10H18BrN3O2S. The number of nitrogens with one attached hydrogen (secondary N) is 2. The zero-order valence-electron chi connectivity index (χ0n) is 10.2. The number of sulfonamides is 1. The van der Waals surface area contributed by atoms with Crippen LogP contribution in [0, 0.1) is 12.8 Å². The standard InChI is InChI=1S/C10H18BrN3O2S/c1-7(2)4-9(5-11)14-17(15,16)10-6-12-13-8(10)3/h6-7,9,14H,4-5H2,1-3H3,(H,12,13). The lowest BCUT2D eigenvalue weighted by Crippen LogP contribution is -2.37. The van der Waals surface area contributed by atoms with E-state index in [2.05, 4.69) is 44.7 Å². The Morgan fingerprint density at radius 3 is 2.59 bits per heavy atom. The molecule has 0 aromatic carbocycles. The maximum atomic E-state index is 12.1. The van der Waals surface area contributed by atoms with Gasteiger partial charge in [-0.25, -0.2) is 13.1 Å². The quantitative estimate of drug-likeness (QED) is 0.784. The van der Waals surface area contributed by atoms with Crippen molar-refractivity contribution >= 4 is 26.0 Å². The van der Waals surface area contributed by atoms with Gasteiger partial charge in [0.2, 0.25) is 10.0 Å². The van der Waals surface area contributed by atoms with Gasteiger partial charge in [-0.1, -0.05) is 29.8 Å². The molecule has 0 fully saturated rings. The number of alkyl halides is 1. The third kappa shape index (κ3) is 4.08. The molecule has 0 aliphatic rings. The Morgan fingerprint density at radius 1 is 1.53 bits per heavy atom. The number of hydrogen-bond acceptors (Lipinski definition) is 3. The molecule has 0 aliphatic heterocycles. The summed E-state index contributed by atoms with van der Waals surface area (Å²) in [4.78, 5) is 0.215. The molecule has 17 heavy (non-hydrogen) atoms. The van der Waals surface area contributed by atoms with Gasteiger partial charge in [0, 0.05) is 11.4 Å². The van der Waals surface area contributed by atoms with Crippen molar-refractivity contribution < 1.29 is 8.42 Å². The highest BCUT2D eigenvalue weighted by atomic mass is 79.9. The summed E-state index contributed by atoms with van der Waals surface area (Å²) in [6.45, 7) is 5.81. The Bertz CT molecular complexity index is 456. The lowest BCUT2D eigenvalue weighted by atomic mass is 10.1. The lowest BCUT2D eigenvalue weighted by Gasteiger charge is -2.17. The van der Waals surface area contributed by atoms with Gasteiger partial charge in [0.25, 0.3) is 0 Å². The van der Waals surface area contributed by atoms with Crippen LogP contribution in [0.1, 0.15) is 26.0 Å². The first-order valence-corrected chi connectivity index (χ1v) is 8.05. The van der Waals surface area contributed by atoms with Crippen LogP contribution in [0.4, 0.5) is 0 Å². The van der Waals surface area contributed by atoms with Crippen LogP contribution in [-0.2, 0) is 10.0 Å². The van der Waals surface area contributed by atoms with Crippen molar-refractivity contribution in [1.29, 1.82) is 0 Å². The molecule has 98 valence electrons. The highest BCUT2D eigenvalue weighted by molar-refractivity contribution is 9.09. The van der Waals surface area contributed by atoms with Crippen LogP contribution in [0.2, 0.25) is 0 Å². The molecule has 0 saturated carbocycles. The van der Waals surface area contributed by atoms with Gasteiger partial charge in [-0.05, 0) is 19.3 Å². The Morgan fingerprint density at radius 2 is 2.18 bits per heavy atom. The maximum absolute atomic E-state index is 12.1. The Kier molecular flexibility index (Phi) is 5.15. The summed E-state index contributed by atoms with van der Waals surface area (Å²) in [7, 11) is -3.48. The normalized spacial score (nSPS) is 14.2. The molecule has 0 spiro atoms. The molecule has 7 heteroatoms. The summed E-state index contributed by atoms with van der Waals surface area (Å²) in [6.07, 6.45) is 2.12. The fourth-order valence-electron chi connectivity index (χ4n) is 1.61. The molecule has 2 N–H and O–H groups in total. The minimum absolute atomic E-state index is 0.103. The summed E-state index contributed by atoms with van der Waals surface area (Å²) in [6, 6.07) is -0.103. The third-order valence-corrected chi connectivity index (χ3v) is 4.75. The first-order valence-electron chi connectivity index (χ1n) is 5.45. The molecule has 1 atom stereocenters. The number of H-pyrrole nitrogens is 1. The second-order valence-corrected chi connectivity index (χ2v) is 6.79. The topological polar surface area (TPSA) is 74.8 Å². The minimum atomic E-state index is -3.48. The smallest absolute Gasteiger partial charge is 0.244 e. The Labute approximate surface area is 111 Å². The first kappa shape index (κ1) is 14.7. The number of halogens is 1. The van der Waals surface area contributed by atoms with Gasteiger partial charge in [-0.15, -0.1) is 0 Å². The summed E-state index contributed by atoms with van der Waals surface area (Å²) in [5.74, 6) is 0.436. The highest BCUT2D eigenvalue weighted by Crippen LogP contribution is 2.14. The molecule has 1 unspecified atom stereocenters. The van der Waals surface area contributed by atoms with Gasteiger partial charge in [-0.2, -0.15) is 5.10 Å². The largest absolute Gasteiger partial charge is 0.281 e. The molecule has 1 heterocycles. The number of nitrogens with zero attached hydrogens (tertiary/aromatic N) is 1. The minimum Gasteiger partial charge on any atom is -0.281 e. The molecule has 0 radical (unpaired) electrons. The molecule has 1 aromatic rings. The molecule has 0 saturated heterocycles. The van der Waals surface area contributed by atoms with Crippen molar-refractivity contribution in [3.05, 3.63) is 11.9 Å². The van der Waals surface area contributed by atoms with Crippen LogP contribution in [-0.4, -0.2) is 30.0 Å². The molecular weight excluding hydrogens is 306 g/mol. The highest BCUT2D eigenvalue weighted by Gasteiger charge is 2.22. The van der Waals surface area contributed by atoms with Gasteiger partial charge in [0.1, 0.15) is 4.90 Å². The van der Waals surface area contributed by atoms with Crippen molar-refractivity contribution in [2.75, 3.05) is 5.33 Å². The van der Waals surface area contributed by atoms with E-state index in [1.54, 1.807) is 6.92 Å². The maximum Gasteiger partial charge on any atom is 0.244 e. The van der Waals surface area contributed by atoms with Gasteiger partial charge in [0.15, 0.2) is 0 Å². The molecule has 0 amide bonds. The summed E-state index contributed by atoms with van der Waals surface area (Å²) >= 11 is 3.33. The van der Waals surface area contributed by atoms with E-state index in [4.69, 9.17) is 0 Å². The zero-order valence-corrected chi connectivity index (χ0v) is 12.6. The van der Waals surface area contributed by atoms with E-state index >= 15 is 0 Å². The number of aryl methyl sites for hydroxylation is 1. The number of hydrogen-bond donors (Lipinski definition) is 2. The van der Waals surface area contributed by atoms with Crippen molar-refractivity contribution in [2.45, 2.75) is 38.1 Å².